The number of rotatable bonds is 2. The molecule has 1 aromatic heterocycles. The summed E-state index contributed by atoms with van der Waals surface area (Å²) in [5.41, 5.74) is 2.24. The summed E-state index contributed by atoms with van der Waals surface area (Å²) < 4.78 is 2.07. The Hall–Kier alpha value is -1.79. The quantitative estimate of drug-likeness (QED) is 0.766. The molecule has 3 heteroatoms. The van der Waals surface area contributed by atoms with E-state index in [0.29, 0.717) is 0 Å². The topological polar surface area (TPSA) is 32.0 Å². The Balaban J connectivity index is 2.66. The van der Waals surface area contributed by atoms with E-state index in [1.807, 2.05) is 44.4 Å². The highest BCUT2D eigenvalue weighted by molar-refractivity contribution is 5.84. The molecule has 82 valence electrons. The Bertz CT molecular complexity index is 546. The molecule has 0 saturated heterocycles. The lowest BCUT2D eigenvalue weighted by Gasteiger charge is -2.16. The lowest BCUT2D eigenvalue weighted by molar-refractivity contribution is 0.359. The van der Waals surface area contributed by atoms with Crippen molar-refractivity contribution in [3.8, 4) is 6.07 Å². The average Bonchev–Trinajstić information content (AvgIpc) is 2.58. The van der Waals surface area contributed by atoms with Crippen LogP contribution < -0.4 is 0 Å². The van der Waals surface area contributed by atoms with Crippen molar-refractivity contribution in [1.82, 2.24) is 9.47 Å². The van der Waals surface area contributed by atoms with Crippen molar-refractivity contribution < 1.29 is 0 Å². The van der Waals surface area contributed by atoms with Crippen LogP contribution in [0.1, 0.15) is 11.6 Å². The van der Waals surface area contributed by atoms with E-state index in [2.05, 4.69) is 22.8 Å². The van der Waals surface area contributed by atoms with E-state index in [9.17, 15) is 5.26 Å². The largest absolute Gasteiger partial charge is 0.350 e. The van der Waals surface area contributed by atoms with Crippen LogP contribution in [0, 0.1) is 11.3 Å². The molecule has 3 nitrogen and oxygen atoms in total. The van der Waals surface area contributed by atoms with Crippen molar-refractivity contribution >= 4 is 10.9 Å². The van der Waals surface area contributed by atoms with Gasteiger partial charge in [0.05, 0.1) is 6.07 Å². The van der Waals surface area contributed by atoms with Crippen LogP contribution in [-0.2, 0) is 7.05 Å². The Labute approximate surface area is 95.5 Å². The molecule has 0 unspecified atom stereocenters. The summed E-state index contributed by atoms with van der Waals surface area (Å²) in [7, 11) is 5.86. The van der Waals surface area contributed by atoms with Crippen molar-refractivity contribution in [1.29, 1.82) is 5.26 Å². The third-order valence-corrected chi connectivity index (χ3v) is 2.86. The molecule has 16 heavy (non-hydrogen) atoms. The summed E-state index contributed by atoms with van der Waals surface area (Å²) >= 11 is 0. The Morgan fingerprint density at radius 3 is 2.62 bits per heavy atom. The molecule has 1 aromatic carbocycles. The standard InChI is InChI=1S/C13H15N3/c1-15(2)13(8-14)11-9-16(3)12-7-5-4-6-10(11)12/h4-7,9,13H,1-3H3/t13-/m1/s1. The molecule has 0 spiro atoms. The zero-order chi connectivity index (χ0) is 11.7. The van der Waals surface area contributed by atoms with Crippen molar-refractivity contribution in [2.24, 2.45) is 7.05 Å². The molecule has 2 rings (SSSR count). The molecule has 0 saturated carbocycles. The predicted molar refractivity (Wildman–Crippen MR) is 65.0 cm³/mol. The van der Waals surface area contributed by atoms with E-state index >= 15 is 0 Å². The van der Waals surface area contributed by atoms with Crippen molar-refractivity contribution in [2.45, 2.75) is 6.04 Å². The number of nitriles is 1. The van der Waals surface area contributed by atoms with Gasteiger partial charge in [-0.2, -0.15) is 5.26 Å². The molecule has 0 aliphatic carbocycles. The highest BCUT2D eigenvalue weighted by Crippen LogP contribution is 2.27. The van der Waals surface area contributed by atoms with Gasteiger partial charge in [0.25, 0.3) is 0 Å². The fourth-order valence-corrected chi connectivity index (χ4v) is 2.05. The molecule has 0 bridgehead atoms. The minimum atomic E-state index is -0.189. The molecule has 1 atom stereocenters. The third-order valence-electron chi connectivity index (χ3n) is 2.86. The van der Waals surface area contributed by atoms with Crippen LogP contribution in [0.15, 0.2) is 30.5 Å². The van der Waals surface area contributed by atoms with E-state index < -0.39 is 0 Å². The lowest BCUT2D eigenvalue weighted by atomic mass is 10.1. The first kappa shape index (κ1) is 10.7. The molecule has 0 aliphatic rings. The monoisotopic (exact) mass is 213 g/mol. The van der Waals surface area contributed by atoms with Gasteiger partial charge in [-0.15, -0.1) is 0 Å². The van der Waals surface area contributed by atoms with E-state index in [4.69, 9.17) is 0 Å². The van der Waals surface area contributed by atoms with Crippen molar-refractivity contribution in [3.63, 3.8) is 0 Å². The number of para-hydroxylation sites is 1. The van der Waals surface area contributed by atoms with E-state index in [-0.39, 0.29) is 6.04 Å². The van der Waals surface area contributed by atoms with Crippen LogP contribution in [0.2, 0.25) is 0 Å². The number of nitrogens with zero attached hydrogens (tertiary/aromatic N) is 3. The second-order valence-electron chi connectivity index (χ2n) is 4.21. The Kier molecular flexibility index (Phi) is 2.67. The first-order valence-corrected chi connectivity index (χ1v) is 5.25. The van der Waals surface area contributed by atoms with Gasteiger partial charge in [-0.25, -0.2) is 0 Å². The Morgan fingerprint density at radius 1 is 1.31 bits per heavy atom. The molecule has 0 radical (unpaired) electrons. The van der Waals surface area contributed by atoms with Crippen molar-refractivity contribution in [2.75, 3.05) is 14.1 Å². The average molecular weight is 213 g/mol. The minimum Gasteiger partial charge on any atom is -0.350 e. The van der Waals surface area contributed by atoms with Gasteiger partial charge >= 0.3 is 0 Å². The molecule has 2 aromatic rings. The first-order valence-electron chi connectivity index (χ1n) is 5.25. The number of hydrogen-bond donors (Lipinski definition) is 0. The zero-order valence-electron chi connectivity index (χ0n) is 9.81. The summed E-state index contributed by atoms with van der Waals surface area (Å²) in [6.07, 6.45) is 2.04. The van der Waals surface area contributed by atoms with Gasteiger partial charge in [0.2, 0.25) is 0 Å². The maximum absolute atomic E-state index is 9.22. The second kappa shape index (κ2) is 3.99. The van der Waals surface area contributed by atoms with Crippen molar-refractivity contribution in [3.05, 3.63) is 36.0 Å². The summed E-state index contributed by atoms with van der Waals surface area (Å²) in [4.78, 5) is 1.93. The maximum Gasteiger partial charge on any atom is 0.125 e. The summed E-state index contributed by atoms with van der Waals surface area (Å²) in [6, 6.07) is 10.3. The zero-order valence-corrected chi connectivity index (χ0v) is 9.81. The summed E-state index contributed by atoms with van der Waals surface area (Å²) in [5.74, 6) is 0. The first-order chi connectivity index (χ1) is 7.65. The van der Waals surface area contributed by atoms with Crippen LogP contribution in [0.3, 0.4) is 0 Å². The highest BCUT2D eigenvalue weighted by Gasteiger charge is 2.17. The SMILES string of the molecule is CN(C)[C@H](C#N)c1cn(C)c2ccccc12. The molecular formula is C13H15N3. The molecule has 0 amide bonds. The van der Waals surface area contributed by atoms with Crippen LogP contribution in [-0.4, -0.2) is 23.6 Å². The van der Waals surface area contributed by atoms with E-state index in [0.717, 1.165) is 10.9 Å². The summed E-state index contributed by atoms with van der Waals surface area (Å²) in [6.45, 7) is 0. The smallest absolute Gasteiger partial charge is 0.125 e. The van der Waals surface area contributed by atoms with Gasteiger partial charge in [0.1, 0.15) is 6.04 Å². The minimum absolute atomic E-state index is 0.189. The van der Waals surface area contributed by atoms with Gasteiger partial charge < -0.3 is 4.57 Å². The fourth-order valence-electron chi connectivity index (χ4n) is 2.05. The lowest BCUT2D eigenvalue weighted by Crippen LogP contribution is -2.17. The fraction of sp³-hybridized carbons (Fsp3) is 0.308. The van der Waals surface area contributed by atoms with Gasteiger partial charge in [0, 0.05) is 29.7 Å². The van der Waals surface area contributed by atoms with Crippen LogP contribution in [0.25, 0.3) is 10.9 Å². The molecule has 0 aliphatic heterocycles. The molecular weight excluding hydrogens is 198 g/mol. The predicted octanol–water partition coefficient (Wildman–Crippen LogP) is 2.30. The number of benzene rings is 1. The maximum atomic E-state index is 9.22. The summed E-state index contributed by atoms with van der Waals surface area (Å²) in [5, 5.41) is 10.4. The van der Waals surface area contributed by atoms with Crippen LogP contribution in [0.5, 0.6) is 0 Å². The second-order valence-corrected chi connectivity index (χ2v) is 4.21. The number of hydrogen-bond acceptors (Lipinski definition) is 2. The van der Waals surface area contributed by atoms with Crippen LogP contribution >= 0.6 is 0 Å². The number of aryl methyl sites for hydroxylation is 1. The van der Waals surface area contributed by atoms with Gasteiger partial charge in [-0.1, -0.05) is 18.2 Å². The number of aromatic nitrogens is 1. The van der Waals surface area contributed by atoms with E-state index in [1.165, 1.54) is 5.52 Å². The van der Waals surface area contributed by atoms with Gasteiger partial charge in [0.15, 0.2) is 0 Å². The third kappa shape index (κ3) is 1.58. The number of fused-ring (bicyclic) bond motifs is 1. The Morgan fingerprint density at radius 2 is 2.00 bits per heavy atom. The molecule has 0 N–H and O–H groups in total. The highest BCUT2D eigenvalue weighted by atomic mass is 15.1. The molecule has 1 heterocycles. The van der Waals surface area contributed by atoms with E-state index in [1.54, 1.807) is 0 Å². The molecule has 0 fully saturated rings. The van der Waals surface area contributed by atoms with Gasteiger partial charge in [-0.3, -0.25) is 4.90 Å². The van der Waals surface area contributed by atoms with Gasteiger partial charge in [-0.05, 0) is 20.2 Å². The van der Waals surface area contributed by atoms with Crippen LogP contribution in [0.4, 0.5) is 0 Å². The normalized spacial score (nSPS) is 12.9.